The summed E-state index contributed by atoms with van der Waals surface area (Å²) in [6.07, 6.45) is 4.38. The molecule has 1 atom stereocenters. The largest absolute Gasteiger partial charge is 0.444 e. The fraction of sp³-hybridized carbons (Fsp3) is 0.727. The maximum atomic E-state index is 11.3. The van der Waals surface area contributed by atoms with Crippen LogP contribution in [0, 0.1) is 0 Å². The van der Waals surface area contributed by atoms with E-state index < -0.39 is 5.60 Å². The molecular weight excluding hydrogens is 178 g/mol. The van der Waals surface area contributed by atoms with Crippen molar-refractivity contribution >= 4 is 6.09 Å². The molecule has 14 heavy (non-hydrogen) atoms. The monoisotopic (exact) mass is 199 g/mol. The van der Waals surface area contributed by atoms with Crippen LogP contribution >= 0.6 is 0 Å². The van der Waals surface area contributed by atoms with Crippen molar-refractivity contribution in [2.75, 3.05) is 0 Å². The SMILES string of the molecule is C/C=C/C(CC)NC(=O)OC(C)(C)C. The molecule has 0 bridgehead atoms. The van der Waals surface area contributed by atoms with E-state index in [9.17, 15) is 4.79 Å². The van der Waals surface area contributed by atoms with Crippen molar-refractivity contribution in [3.63, 3.8) is 0 Å². The second kappa shape index (κ2) is 5.68. The Balaban J connectivity index is 4.04. The first-order valence-corrected chi connectivity index (χ1v) is 5.01. The Hall–Kier alpha value is -0.990. The molecule has 0 aliphatic heterocycles. The Labute approximate surface area is 86.5 Å². The lowest BCUT2D eigenvalue weighted by Crippen LogP contribution is -2.37. The molecule has 0 aromatic carbocycles. The third-order valence-electron chi connectivity index (χ3n) is 1.57. The van der Waals surface area contributed by atoms with Crippen molar-refractivity contribution in [3.05, 3.63) is 12.2 Å². The number of amides is 1. The van der Waals surface area contributed by atoms with Crippen molar-refractivity contribution in [1.29, 1.82) is 0 Å². The van der Waals surface area contributed by atoms with Gasteiger partial charge in [-0.15, -0.1) is 0 Å². The number of rotatable bonds is 3. The molecule has 1 amide bonds. The van der Waals surface area contributed by atoms with Crippen molar-refractivity contribution in [1.82, 2.24) is 5.32 Å². The van der Waals surface area contributed by atoms with E-state index in [2.05, 4.69) is 5.32 Å². The Morgan fingerprint density at radius 3 is 2.43 bits per heavy atom. The number of nitrogens with one attached hydrogen (secondary N) is 1. The smallest absolute Gasteiger partial charge is 0.408 e. The van der Waals surface area contributed by atoms with E-state index in [1.165, 1.54) is 0 Å². The normalized spacial score (nSPS) is 14.1. The van der Waals surface area contributed by atoms with Crippen molar-refractivity contribution in [3.8, 4) is 0 Å². The zero-order valence-corrected chi connectivity index (χ0v) is 9.76. The molecule has 0 aromatic rings. The second-order valence-corrected chi connectivity index (χ2v) is 4.19. The molecule has 0 spiro atoms. The summed E-state index contributed by atoms with van der Waals surface area (Å²) in [7, 11) is 0. The molecular formula is C11H21NO2. The molecule has 0 rings (SSSR count). The van der Waals surface area contributed by atoms with E-state index in [1.807, 2.05) is 46.8 Å². The van der Waals surface area contributed by atoms with Crippen LogP contribution in [0.3, 0.4) is 0 Å². The van der Waals surface area contributed by atoms with Crippen LogP contribution in [0.5, 0.6) is 0 Å². The summed E-state index contributed by atoms with van der Waals surface area (Å²) in [6, 6.07) is 0.0647. The highest BCUT2D eigenvalue weighted by Crippen LogP contribution is 2.07. The summed E-state index contributed by atoms with van der Waals surface area (Å²) in [5.74, 6) is 0. The molecule has 3 heteroatoms. The second-order valence-electron chi connectivity index (χ2n) is 4.19. The van der Waals surface area contributed by atoms with Gasteiger partial charge in [-0.2, -0.15) is 0 Å². The standard InChI is InChI=1S/C11H21NO2/c1-6-8-9(7-2)12-10(13)14-11(3,4)5/h6,8-9H,7H2,1-5H3,(H,12,13)/b8-6+. The molecule has 0 saturated carbocycles. The highest BCUT2D eigenvalue weighted by atomic mass is 16.6. The van der Waals surface area contributed by atoms with E-state index in [-0.39, 0.29) is 12.1 Å². The molecule has 0 heterocycles. The maximum absolute atomic E-state index is 11.3. The molecule has 1 N–H and O–H groups in total. The Morgan fingerprint density at radius 1 is 1.50 bits per heavy atom. The summed E-state index contributed by atoms with van der Waals surface area (Å²) < 4.78 is 5.13. The quantitative estimate of drug-likeness (QED) is 0.710. The van der Waals surface area contributed by atoms with E-state index >= 15 is 0 Å². The summed E-state index contributed by atoms with van der Waals surface area (Å²) in [4.78, 5) is 11.3. The van der Waals surface area contributed by atoms with Crippen LogP contribution in [0.25, 0.3) is 0 Å². The first-order chi connectivity index (χ1) is 6.39. The topological polar surface area (TPSA) is 38.3 Å². The Bertz CT molecular complexity index is 204. The molecule has 1 unspecified atom stereocenters. The van der Waals surface area contributed by atoms with Gasteiger partial charge in [0.15, 0.2) is 0 Å². The fourth-order valence-corrected chi connectivity index (χ4v) is 0.977. The molecule has 82 valence electrons. The van der Waals surface area contributed by atoms with Gasteiger partial charge >= 0.3 is 6.09 Å². The zero-order valence-electron chi connectivity index (χ0n) is 9.76. The molecule has 0 aliphatic carbocycles. The Kier molecular flexibility index (Phi) is 5.28. The van der Waals surface area contributed by atoms with E-state index in [0.29, 0.717) is 0 Å². The van der Waals surface area contributed by atoms with Crippen molar-refractivity contribution in [2.24, 2.45) is 0 Å². The zero-order chi connectivity index (χ0) is 11.2. The fourth-order valence-electron chi connectivity index (χ4n) is 0.977. The minimum absolute atomic E-state index is 0.0647. The average Bonchev–Trinajstić information content (AvgIpc) is 2.00. The van der Waals surface area contributed by atoms with Crippen LogP contribution in [-0.2, 0) is 4.74 Å². The molecule has 0 saturated heterocycles. The van der Waals surface area contributed by atoms with Crippen LogP contribution in [0.2, 0.25) is 0 Å². The Morgan fingerprint density at radius 2 is 2.07 bits per heavy atom. The molecule has 0 aliphatic rings. The van der Waals surface area contributed by atoms with E-state index in [1.54, 1.807) is 0 Å². The van der Waals surface area contributed by atoms with Crippen LogP contribution in [-0.4, -0.2) is 17.7 Å². The third-order valence-corrected chi connectivity index (χ3v) is 1.57. The highest BCUT2D eigenvalue weighted by molar-refractivity contribution is 5.68. The minimum Gasteiger partial charge on any atom is -0.444 e. The number of carbonyl (C=O) groups is 1. The van der Waals surface area contributed by atoms with Crippen LogP contribution in [0.1, 0.15) is 41.0 Å². The van der Waals surface area contributed by atoms with Gasteiger partial charge < -0.3 is 10.1 Å². The van der Waals surface area contributed by atoms with Crippen LogP contribution < -0.4 is 5.32 Å². The van der Waals surface area contributed by atoms with Gasteiger partial charge in [0.1, 0.15) is 5.60 Å². The summed E-state index contributed by atoms with van der Waals surface area (Å²) in [6.45, 7) is 9.50. The predicted molar refractivity (Wildman–Crippen MR) is 58.3 cm³/mol. The van der Waals surface area contributed by atoms with E-state index in [4.69, 9.17) is 4.74 Å². The molecule has 3 nitrogen and oxygen atoms in total. The number of hydrogen-bond donors (Lipinski definition) is 1. The number of alkyl carbamates (subject to hydrolysis) is 1. The summed E-state index contributed by atoms with van der Waals surface area (Å²) in [5.41, 5.74) is -0.432. The highest BCUT2D eigenvalue weighted by Gasteiger charge is 2.17. The number of ether oxygens (including phenoxy) is 1. The number of carbonyl (C=O) groups excluding carboxylic acids is 1. The van der Waals surface area contributed by atoms with Gasteiger partial charge in [0.25, 0.3) is 0 Å². The van der Waals surface area contributed by atoms with Gasteiger partial charge in [-0.05, 0) is 34.1 Å². The van der Waals surface area contributed by atoms with Gasteiger partial charge in [-0.1, -0.05) is 19.1 Å². The first kappa shape index (κ1) is 13.0. The van der Waals surface area contributed by atoms with Crippen LogP contribution in [0.4, 0.5) is 4.79 Å². The van der Waals surface area contributed by atoms with Gasteiger partial charge in [-0.3, -0.25) is 0 Å². The minimum atomic E-state index is -0.432. The third kappa shape index (κ3) is 6.52. The van der Waals surface area contributed by atoms with Gasteiger partial charge in [0.05, 0.1) is 6.04 Å². The first-order valence-electron chi connectivity index (χ1n) is 5.01. The van der Waals surface area contributed by atoms with Crippen molar-refractivity contribution in [2.45, 2.75) is 52.7 Å². The number of allylic oxidation sites excluding steroid dienone is 1. The number of hydrogen-bond acceptors (Lipinski definition) is 2. The molecule has 0 aromatic heterocycles. The van der Waals surface area contributed by atoms with Crippen LogP contribution in [0.15, 0.2) is 12.2 Å². The lowest BCUT2D eigenvalue weighted by atomic mass is 10.2. The summed E-state index contributed by atoms with van der Waals surface area (Å²) in [5, 5.41) is 2.78. The van der Waals surface area contributed by atoms with E-state index in [0.717, 1.165) is 6.42 Å². The lowest BCUT2D eigenvalue weighted by Gasteiger charge is -2.21. The van der Waals surface area contributed by atoms with Gasteiger partial charge in [0, 0.05) is 0 Å². The van der Waals surface area contributed by atoms with Crippen molar-refractivity contribution < 1.29 is 9.53 Å². The summed E-state index contributed by atoms with van der Waals surface area (Å²) >= 11 is 0. The predicted octanol–water partition coefficient (Wildman–Crippen LogP) is 2.87. The lowest BCUT2D eigenvalue weighted by molar-refractivity contribution is 0.0513. The molecule has 0 fully saturated rings. The molecule has 0 radical (unpaired) electrons. The maximum Gasteiger partial charge on any atom is 0.408 e. The van der Waals surface area contributed by atoms with Gasteiger partial charge in [-0.25, -0.2) is 4.79 Å². The van der Waals surface area contributed by atoms with Gasteiger partial charge in [0.2, 0.25) is 0 Å². The average molecular weight is 199 g/mol.